The Morgan fingerprint density at radius 1 is 1.07 bits per heavy atom. The number of hydrogen-bond donors (Lipinski definition) is 0. The van der Waals surface area contributed by atoms with Gasteiger partial charge in [-0.15, -0.1) is 0 Å². The summed E-state index contributed by atoms with van der Waals surface area (Å²) in [4.78, 5) is 0. The molecule has 0 unspecified atom stereocenters. The van der Waals surface area contributed by atoms with Gasteiger partial charge in [-0.2, -0.15) is 0 Å². The zero-order chi connectivity index (χ0) is 10.9. The van der Waals surface area contributed by atoms with Crippen molar-refractivity contribution in [3.63, 3.8) is 0 Å². The molecule has 0 heterocycles. The van der Waals surface area contributed by atoms with Gasteiger partial charge >= 0.3 is 0 Å². The molecule has 0 aliphatic carbocycles. The first kappa shape index (κ1) is 14.2. The zero-order valence-electron chi connectivity index (χ0n) is 8.37. The van der Waals surface area contributed by atoms with Crippen LogP contribution in [-0.4, -0.2) is 41.1 Å². The molecule has 0 aliphatic heterocycles. The minimum Gasteiger partial charge on any atom is -0.382 e. The van der Waals surface area contributed by atoms with E-state index in [9.17, 15) is 8.42 Å². The van der Waals surface area contributed by atoms with E-state index in [1.165, 1.54) is 0 Å². The Balaban J connectivity index is 3.07. The Morgan fingerprint density at radius 2 is 1.79 bits per heavy atom. The van der Waals surface area contributed by atoms with Crippen LogP contribution in [0.1, 0.15) is 19.3 Å². The highest BCUT2D eigenvalue weighted by molar-refractivity contribution is 8.13. The standard InChI is InChI=1S/C8H17ClO4S/c1-12-6-7-13-5-3-2-4-8-14(9,10)11/h2-8H2,1H3. The van der Waals surface area contributed by atoms with Crippen LogP contribution in [-0.2, 0) is 18.5 Å². The summed E-state index contributed by atoms with van der Waals surface area (Å²) in [5.74, 6) is 0.0482. The molecule has 0 aromatic heterocycles. The van der Waals surface area contributed by atoms with E-state index in [1.54, 1.807) is 7.11 Å². The molecule has 0 spiro atoms. The highest BCUT2D eigenvalue weighted by atomic mass is 35.7. The van der Waals surface area contributed by atoms with Gasteiger partial charge < -0.3 is 9.47 Å². The largest absolute Gasteiger partial charge is 0.382 e. The molecule has 0 saturated carbocycles. The minimum absolute atomic E-state index is 0.0482. The van der Waals surface area contributed by atoms with Gasteiger partial charge in [-0.05, 0) is 12.8 Å². The predicted molar refractivity (Wildman–Crippen MR) is 56.2 cm³/mol. The lowest BCUT2D eigenvalue weighted by Gasteiger charge is -2.02. The summed E-state index contributed by atoms with van der Waals surface area (Å²) < 4.78 is 31.0. The number of halogens is 1. The summed E-state index contributed by atoms with van der Waals surface area (Å²) >= 11 is 0. The summed E-state index contributed by atoms with van der Waals surface area (Å²) in [5.41, 5.74) is 0. The molecule has 0 rings (SSSR count). The smallest absolute Gasteiger partial charge is 0.232 e. The van der Waals surface area contributed by atoms with Crippen molar-refractivity contribution < 1.29 is 17.9 Å². The quantitative estimate of drug-likeness (QED) is 0.454. The fourth-order valence-electron chi connectivity index (χ4n) is 0.900. The van der Waals surface area contributed by atoms with E-state index >= 15 is 0 Å². The van der Waals surface area contributed by atoms with Crippen LogP contribution in [0.3, 0.4) is 0 Å². The van der Waals surface area contributed by atoms with Crippen molar-refractivity contribution in [1.82, 2.24) is 0 Å². The van der Waals surface area contributed by atoms with Gasteiger partial charge in [-0.3, -0.25) is 0 Å². The van der Waals surface area contributed by atoms with Crippen LogP contribution in [0.4, 0.5) is 0 Å². The second kappa shape index (κ2) is 8.47. The van der Waals surface area contributed by atoms with E-state index in [0.717, 1.165) is 12.8 Å². The topological polar surface area (TPSA) is 52.6 Å². The first-order chi connectivity index (χ1) is 6.56. The van der Waals surface area contributed by atoms with Crippen LogP contribution < -0.4 is 0 Å². The van der Waals surface area contributed by atoms with Crippen LogP contribution in [0.2, 0.25) is 0 Å². The lowest BCUT2D eigenvalue weighted by Crippen LogP contribution is -2.03. The first-order valence-corrected chi connectivity index (χ1v) is 7.03. The third kappa shape index (κ3) is 12.2. The molecule has 0 bridgehead atoms. The molecule has 0 saturated heterocycles. The SMILES string of the molecule is COCCOCCCCCS(=O)(=O)Cl. The second-order valence-corrected chi connectivity index (χ2v) is 5.81. The Hall–Kier alpha value is 0.160. The summed E-state index contributed by atoms with van der Waals surface area (Å²) in [6.45, 7) is 1.83. The van der Waals surface area contributed by atoms with Crippen molar-refractivity contribution in [2.75, 3.05) is 32.7 Å². The lowest BCUT2D eigenvalue weighted by molar-refractivity contribution is 0.0687. The highest BCUT2D eigenvalue weighted by Crippen LogP contribution is 2.03. The van der Waals surface area contributed by atoms with Crippen LogP contribution in [0.25, 0.3) is 0 Å². The van der Waals surface area contributed by atoms with Gasteiger partial charge in [0.05, 0.1) is 19.0 Å². The van der Waals surface area contributed by atoms with Crippen LogP contribution in [0, 0.1) is 0 Å². The molecule has 0 fully saturated rings. The van der Waals surface area contributed by atoms with Crippen LogP contribution >= 0.6 is 10.7 Å². The Bertz CT molecular complexity index is 215. The Morgan fingerprint density at radius 3 is 2.36 bits per heavy atom. The second-order valence-electron chi connectivity index (χ2n) is 2.91. The van der Waals surface area contributed by atoms with Crippen molar-refractivity contribution >= 4 is 19.7 Å². The fourth-order valence-corrected chi connectivity index (χ4v) is 1.78. The molecular weight excluding hydrogens is 228 g/mol. The van der Waals surface area contributed by atoms with Gasteiger partial charge in [0.2, 0.25) is 9.05 Å². The van der Waals surface area contributed by atoms with Crippen molar-refractivity contribution in [3.05, 3.63) is 0 Å². The summed E-state index contributed by atoms with van der Waals surface area (Å²) in [6, 6.07) is 0. The number of methoxy groups -OCH3 is 1. The number of rotatable bonds is 9. The van der Waals surface area contributed by atoms with E-state index in [1.807, 2.05) is 0 Å². The molecule has 4 nitrogen and oxygen atoms in total. The Kier molecular flexibility index (Phi) is 8.56. The molecule has 14 heavy (non-hydrogen) atoms. The van der Waals surface area contributed by atoms with Crippen LogP contribution in [0.15, 0.2) is 0 Å². The molecular formula is C8H17ClO4S. The molecule has 0 aromatic carbocycles. The molecule has 0 N–H and O–H groups in total. The normalized spacial score (nSPS) is 11.9. The number of unbranched alkanes of at least 4 members (excludes halogenated alkanes) is 2. The van der Waals surface area contributed by atoms with Crippen LogP contribution in [0.5, 0.6) is 0 Å². The maximum atomic E-state index is 10.5. The zero-order valence-corrected chi connectivity index (χ0v) is 9.94. The van der Waals surface area contributed by atoms with Gasteiger partial charge in [-0.25, -0.2) is 8.42 Å². The lowest BCUT2D eigenvalue weighted by atomic mass is 10.3. The van der Waals surface area contributed by atoms with E-state index in [2.05, 4.69) is 0 Å². The van der Waals surface area contributed by atoms with Gasteiger partial charge in [0.15, 0.2) is 0 Å². The van der Waals surface area contributed by atoms with Crippen molar-refractivity contribution in [3.8, 4) is 0 Å². The molecule has 0 amide bonds. The fraction of sp³-hybridized carbons (Fsp3) is 1.00. The molecule has 0 aliphatic rings. The summed E-state index contributed by atoms with van der Waals surface area (Å²) in [5, 5.41) is 0. The van der Waals surface area contributed by atoms with Gasteiger partial charge in [-0.1, -0.05) is 6.42 Å². The van der Waals surface area contributed by atoms with E-state index in [-0.39, 0.29) is 5.75 Å². The monoisotopic (exact) mass is 244 g/mol. The molecule has 86 valence electrons. The number of hydrogen-bond acceptors (Lipinski definition) is 4. The van der Waals surface area contributed by atoms with Gasteiger partial charge in [0.1, 0.15) is 0 Å². The average molecular weight is 245 g/mol. The first-order valence-electron chi connectivity index (χ1n) is 4.55. The maximum absolute atomic E-state index is 10.5. The van der Waals surface area contributed by atoms with E-state index in [0.29, 0.717) is 26.2 Å². The van der Waals surface area contributed by atoms with E-state index in [4.69, 9.17) is 20.2 Å². The molecule has 0 atom stereocenters. The molecule has 6 heteroatoms. The van der Waals surface area contributed by atoms with Gasteiger partial charge in [0.25, 0.3) is 0 Å². The Labute approximate surface area is 90.0 Å². The minimum atomic E-state index is -3.31. The summed E-state index contributed by atoms with van der Waals surface area (Å²) in [7, 11) is 3.34. The van der Waals surface area contributed by atoms with E-state index < -0.39 is 9.05 Å². The third-order valence-electron chi connectivity index (χ3n) is 1.61. The van der Waals surface area contributed by atoms with Crippen molar-refractivity contribution in [1.29, 1.82) is 0 Å². The van der Waals surface area contributed by atoms with Crippen molar-refractivity contribution in [2.24, 2.45) is 0 Å². The highest BCUT2D eigenvalue weighted by Gasteiger charge is 2.03. The predicted octanol–water partition coefficient (Wildman–Crippen LogP) is 1.39. The molecule has 0 aromatic rings. The number of ether oxygens (including phenoxy) is 2. The van der Waals surface area contributed by atoms with Crippen molar-refractivity contribution in [2.45, 2.75) is 19.3 Å². The third-order valence-corrected chi connectivity index (χ3v) is 2.85. The summed E-state index contributed by atoms with van der Waals surface area (Å²) in [6.07, 6.45) is 2.27. The average Bonchev–Trinajstić information content (AvgIpc) is 2.08. The molecule has 0 radical (unpaired) electrons. The maximum Gasteiger partial charge on any atom is 0.232 e. The van der Waals surface area contributed by atoms with Gasteiger partial charge in [0, 0.05) is 24.4 Å².